The van der Waals surface area contributed by atoms with Gasteiger partial charge in [0.1, 0.15) is 0 Å². The maximum atomic E-state index is 12.4. The number of carbonyl (C=O) groups excluding carboxylic acids is 2. The van der Waals surface area contributed by atoms with Crippen molar-refractivity contribution in [1.29, 1.82) is 0 Å². The van der Waals surface area contributed by atoms with Crippen LogP contribution in [0.5, 0.6) is 0 Å². The molecule has 0 saturated heterocycles. The average molecular weight is 324 g/mol. The molecule has 3 N–H and O–H groups in total. The van der Waals surface area contributed by atoms with Crippen LogP contribution in [0.1, 0.15) is 35.2 Å². The molecule has 0 aliphatic heterocycles. The number of rotatable bonds is 5. The van der Waals surface area contributed by atoms with Gasteiger partial charge in [0.15, 0.2) is 5.78 Å². The Balaban J connectivity index is 1.62. The quantitative estimate of drug-likeness (QED) is 0.740. The molecule has 0 spiro atoms. The van der Waals surface area contributed by atoms with Gasteiger partial charge in [-0.3, -0.25) is 4.79 Å². The molecule has 3 rings (SSSR count). The van der Waals surface area contributed by atoms with Gasteiger partial charge in [0.25, 0.3) is 0 Å². The van der Waals surface area contributed by atoms with Crippen LogP contribution in [0.4, 0.5) is 10.5 Å². The average Bonchev–Trinajstić information content (AvgIpc) is 2.58. The van der Waals surface area contributed by atoms with E-state index in [2.05, 4.69) is 10.6 Å². The van der Waals surface area contributed by atoms with Crippen molar-refractivity contribution in [2.24, 2.45) is 0 Å². The second kappa shape index (κ2) is 6.84. The molecule has 5 nitrogen and oxygen atoms in total. The SMILES string of the molecule is O=C(NCC1(O)CCC1)Nc1cccc(C(=O)c2ccccc2)c1. The predicted molar refractivity (Wildman–Crippen MR) is 92.1 cm³/mol. The Morgan fingerprint density at radius 2 is 1.71 bits per heavy atom. The van der Waals surface area contributed by atoms with Crippen molar-refractivity contribution < 1.29 is 14.7 Å². The van der Waals surface area contributed by atoms with Gasteiger partial charge in [0.2, 0.25) is 0 Å². The number of amides is 2. The normalized spacial score (nSPS) is 15.2. The first kappa shape index (κ1) is 16.2. The van der Waals surface area contributed by atoms with Gasteiger partial charge in [-0.05, 0) is 31.4 Å². The van der Waals surface area contributed by atoms with E-state index in [9.17, 15) is 14.7 Å². The Morgan fingerprint density at radius 3 is 2.38 bits per heavy atom. The lowest BCUT2D eigenvalue weighted by Gasteiger charge is -2.36. The summed E-state index contributed by atoms with van der Waals surface area (Å²) < 4.78 is 0. The van der Waals surface area contributed by atoms with E-state index in [0.29, 0.717) is 29.7 Å². The van der Waals surface area contributed by atoms with E-state index < -0.39 is 5.60 Å². The lowest BCUT2D eigenvalue weighted by Crippen LogP contribution is -2.48. The van der Waals surface area contributed by atoms with Gasteiger partial charge in [-0.1, -0.05) is 42.5 Å². The van der Waals surface area contributed by atoms with Crippen LogP contribution in [0.2, 0.25) is 0 Å². The second-order valence-electron chi connectivity index (χ2n) is 6.16. The fraction of sp³-hybridized carbons (Fsp3) is 0.263. The molecule has 1 aliphatic rings. The number of carbonyl (C=O) groups is 2. The van der Waals surface area contributed by atoms with Crippen LogP contribution in [0.3, 0.4) is 0 Å². The van der Waals surface area contributed by atoms with Crippen LogP contribution < -0.4 is 10.6 Å². The lowest BCUT2D eigenvalue weighted by atomic mass is 9.80. The van der Waals surface area contributed by atoms with Crippen LogP contribution in [0, 0.1) is 0 Å². The van der Waals surface area contributed by atoms with Gasteiger partial charge in [-0.15, -0.1) is 0 Å². The number of hydrogen-bond acceptors (Lipinski definition) is 3. The Bertz CT molecular complexity index is 739. The number of nitrogens with one attached hydrogen (secondary N) is 2. The number of hydrogen-bond donors (Lipinski definition) is 3. The van der Waals surface area contributed by atoms with Crippen molar-refractivity contribution >= 4 is 17.5 Å². The van der Waals surface area contributed by atoms with E-state index in [1.807, 2.05) is 18.2 Å². The minimum Gasteiger partial charge on any atom is -0.388 e. The summed E-state index contributed by atoms with van der Waals surface area (Å²) in [5, 5.41) is 15.3. The zero-order valence-corrected chi connectivity index (χ0v) is 13.3. The van der Waals surface area contributed by atoms with E-state index in [0.717, 1.165) is 6.42 Å². The standard InChI is InChI=1S/C19H20N2O3/c22-17(14-6-2-1-3-7-14)15-8-4-9-16(12-15)21-18(23)20-13-19(24)10-5-11-19/h1-4,6-9,12,24H,5,10-11,13H2,(H2,20,21,23). The van der Waals surface area contributed by atoms with Gasteiger partial charge in [-0.25, -0.2) is 4.79 Å². The summed E-state index contributed by atoms with van der Waals surface area (Å²) >= 11 is 0. The maximum Gasteiger partial charge on any atom is 0.319 e. The van der Waals surface area contributed by atoms with Crippen molar-refractivity contribution in [1.82, 2.24) is 5.32 Å². The molecule has 1 fully saturated rings. The maximum absolute atomic E-state index is 12.4. The largest absolute Gasteiger partial charge is 0.388 e. The van der Waals surface area contributed by atoms with E-state index >= 15 is 0 Å². The van der Waals surface area contributed by atoms with Crippen LogP contribution in [-0.4, -0.2) is 29.1 Å². The topological polar surface area (TPSA) is 78.4 Å². The first-order valence-corrected chi connectivity index (χ1v) is 8.03. The van der Waals surface area contributed by atoms with Crippen LogP contribution in [0.25, 0.3) is 0 Å². The van der Waals surface area contributed by atoms with Gasteiger partial charge < -0.3 is 15.7 Å². The van der Waals surface area contributed by atoms with Gasteiger partial charge in [0, 0.05) is 23.4 Å². The van der Waals surface area contributed by atoms with Gasteiger partial charge in [0.05, 0.1) is 5.60 Å². The molecule has 0 atom stereocenters. The summed E-state index contributed by atoms with van der Waals surface area (Å²) in [7, 11) is 0. The molecule has 1 saturated carbocycles. The second-order valence-corrected chi connectivity index (χ2v) is 6.16. The smallest absolute Gasteiger partial charge is 0.319 e. The van der Waals surface area contributed by atoms with Crippen LogP contribution >= 0.6 is 0 Å². The molecule has 2 amide bonds. The summed E-state index contributed by atoms with van der Waals surface area (Å²) in [5.41, 5.74) is 0.889. The summed E-state index contributed by atoms with van der Waals surface area (Å²) in [6, 6.07) is 15.4. The number of urea groups is 1. The lowest BCUT2D eigenvalue weighted by molar-refractivity contribution is -0.0287. The van der Waals surface area contributed by atoms with Crippen molar-refractivity contribution in [3.8, 4) is 0 Å². The molecule has 2 aromatic carbocycles. The number of aliphatic hydroxyl groups is 1. The molecule has 5 heteroatoms. The number of anilines is 1. The third kappa shape index (κ3) is 3.81. The summed E-state index contributed by atoms with van der Waals surface area (Å²) in [5.74, 6) is -0.0940. The highest BCUT2D eigenvalue weighted by molar-refractivity contribution is 6.09. The Morgan fingerprint density at radius 1 is 1.00 bits per heavy atom. The molecular weight excluding hydrogens is 304 g/mol. The Kier molecular flexibility index (Phi) is 4.62. The molecule has 2 aromatic rings. The van der Waals surface area contributed by atoms with Crippen molar-refractivity contribution in [2.45, 2.75) is 24.9 Å². The molecule has 0 aromatic heterocycles. The Labute approximate surface area is 140 Å². The van der Waals surface area contributed by atoms with E-state index in [-0.39, 0.29) is 18.4 Å². The highest BCUT2D eigenvalue weighted by atomic mass is 16.3. The minimum absolute atomic E-state index is 0.0940. The van der Waals surface area contributed by atoms with Crippen molar-refractivity contribution in [2.75, 3.05) is 11.9 Å². The van der Waals surface area contributed by atoms with Gasteiger partial charge in [-0.2, -0.15) is 0 Å². The first-order chi connectivity index (χ1) is 11.6. The fourth-order valence-electron chi connectivity index (χ4n) is 2.68. The van der Waals surface area contributed by atoms with Crippen LogP contribution in [0.15, 0.2) is 54.6 Å². The van der Waals surface area contributed by atoms with Crippen LogP contribution in [-0.2, 0) is 0 Å². The summed E-state index contributed by atoms with van der Waals surface area (Å²) in [6.07, 6.45) is 2.42. The third-order valence-electron chi connectivity index (χ3n) is 4.28. The molecule has 0 radical (unpaired) electrons. The van der Waals surface area contributed by atoms with E-state index in [1.165, 1.54) is 0 Å². The monoisotopic (exact) mass is 324 g/mol. The molecule has 0 bridgehead atoms. The molecule has 24 heavy (non-hydrogen) atoms. The summed E-state index contributed by atoms with van der Waals surface area (Å²) in [4.78, 5) is 24.4. The van der Waals surface area contributed by atoms with E-state index in [4.69, 9.17) is 0 Å². The fourth-order valence-corrected chi connectivity index (χ4v) is 2.68. The zero-order valence-electron chi connectivity index (χ0n) is 13.3. The number of ketones is 1. The molecule has 0 unspecified atom stereocenters. The Hall–Kier alpha value is -2.66. The molecule has 124 valence electrons. The summed E-state index contributed by atoms with van der Waals surface area (Å²) in [6.45, 7) is 0.238. The number of benzene rings is 2. The van der Waals surface area contributed by atoms with Crippen molar-refractivity contribution in [3.63, 3.8) is 0 Å². The van der Waals surface area contributed by atoms with Gasteiger partial charge >= 0.3 is 6.03 Å². The third-order valence-corrected chi connectivity index (χ3v) is 4.28. The highest BCUT2D eigenvalue weighted by Gasteiger charge is 2.34. The minimum atomic E-state index is -0.761. The van der Waals surface area contributed by atoms with Crippen molar-refractivity contribution in [3.05, 3.63) is 65.7 Å². The van der Waals surface area contributed by atoms with E-state index in [1.54, 1.807) is 36.4 Å². The highest BCUT2D eigenvalue weighted by Crippen LogP contribution is 2.30. The first-order valence-electron chi connectivity index (χ1n) is 8.03. The molecule has 1 aliphatic carbocycles. The predicted octanol–water partition coefficient (Wildman–Crippen LogP) is 2.95. The molecular formula is C19H20N2O3. The zero-order chi connectivity index (χ0) is 17.0. The molecule has 0 heterocycles.